The van der Waals surface area contributed by atoms with E-state index in [2.05, 4.69) is 20.6 Å². The molecule has 0 aliphatic carbocycles. The van der Waals surface area contributed by atoms with Gasteiger partial charge in [0, 0.05) is 25.5 Å². The first-order valence-electron chi connectivity index (χ1n) is 13.7. The minimum Gasteiger partial charge on any atom is -0.402 e. The van der Waals surface area contributed by atoms with Crippen molar-refractivity contribution in [3.63, 3.8) is 0 Å². The molecule has 3 heterocycles. The van der Waals surface area contributed by atoms with E-state index < -0.39 is 42.1 Å². The lowest BCUT2D eigenvalue weighted by molar-refractivity contribution is -0.138. The van der Waals surface area contributed by atoms with Gasteiger partial charge in [-0.3, -0.25) is 19.4 Å². The highest BCUT2D eigenvalue weighted by molar-refractivity contribution is 6.48. The maximum atomic E-state index is 13.8. The van der Waals surface area contributed by atoms with Gasteiger partial charge in [-0.25, -0.2) is 4.98 Å². The number of morpholine rings is 1. The van der Waals surface area contributed by atoms with E-state index in [9.17, 15) is 14.4 Å². The molecule has 214 valence electrons. The van der Waals surface area contributed by atoms with Gasteiger partial charge < -0.3 is 29.6 Å². The number of ether oxygens (including phenoxy) is 1. The van der Waals surface area contributed by atoms with E-state index >= 15 is 0 Å². The molecule has 2 fully saturated rings. The molecule has 2 aromatic rings. The molecule has 2 atom stereocenters. The Balaban J connectivity index is 1.53. The molecule has 0 radical (unpaired) electrons. The van der Waals surface area contributed by atoms with Gasteiger partial charge in [-0.1, -0.05) is 30.3 Å². The lowest BCUT2D eigenvalue weighted by atomic mass is 9.75. The van der Waals surface area contributed by atoms with E-state index in [0.717, 1.165) is 5.56 Å². The van der Waals surface area contributed by atoms with Gasteiger partial charge in [-0.15, -0.1) is 0 Å². The predicted octanol–water partition coefficient (Wildman–Crippen LogP) is 1.57. The Kier molecular flexibility index (Phi) is 9.54. The molecule has 1 aromatic carbocycles. The minimum atomic E-state index is -1.15. The number of nitrogens with zero attached hydrogens (tertiary/aromatic N) is 3. The van der Waals surface area contributed by atoms with Gasteiger partial charge in [0.1, 0.15) is 11.7 Å². The molecule has 2 aliphatic heterocycles. The molecule has 40 heavy (non-hydrogen) atoms. The molecule has 2 N–H and O–H groups in total. The van der Waals surface area contributed by atoms with Crippen LogP contribution in [0.3, 0.4) is 0 Å². The molecule has 11 nitrogen and oxygen atoms in total. The minimum absolute atomic E-state index is 0.0470. The molecular formula is C28H38BN5O6. The normalized spacial score (nSPS) is 19.5. The van der Waals surface area contributed by atoms with E-state index in [4.69, 9.17) is 14.0 Å². The van der Waals surface area contributed by atoms with Crippen LogP contribution in [0.15, 0.2) is 48.9 Å². The topological polar surface area (TPSA) is 132 Å². The number of benzene rings is 1. The fourth-order valence-electron chi connectivity index (χ4n) is 4.55. The second kappa shape index (κ2) is 12.9. The number of hydrogen-bond acceptors (Lipinski definition) is 8. The van der Waals surface area contributed by atoms with Crippen LogP contribution in [0.1, 0.15) is 56.6 Å². The summed E-state index contributed by atoms with van der Waals surface area (Å²) in [4.78, 5) is 49.4. The summed E-state index contributed by atoms with van der Waals surface area (Å²) in [5.41, 5.74) is -0.0440. The van der Waals surface area contributed by atoms with Crippen molar-refractivity contribution in [1.82, 2.24) is 25.5 Å². The van der Waals surface area contributed by atoms with Crippen molar-refractivity contribution in [2.75, 3.05) is 26.3 Å². The van der Waals surface area contributed by atoms with E-state index in [-0.39, 0.29) is 18.0 Å². The van der Waals surface area contributed by atoms with Crippen LogP contribution in [0.5, 0.6) is 0 Å². The molecule has 0 saturated carbocycles. The average molecular weight is 551 g/mol. The van der Waals surface area contributed by atoms with E-state index in [1.165, 1.54) is 18.6 Å². The molecule has 12 heteroatoms. The lowest BCUT2D eigenvalue weighted by Gasteiger charge is -2.32. The number of amides is 3. The Morgan fingerprint density at radius 1 is 1.00 bits per heavy atom. The van der Waals surface area contributed by atoms with Crippen LogP contribution in [0.25, 0.3) is 0 Å². The highest BCUT2D eigenvalue weighted by atomic mass is 16.7. The van der Waals surface area contributed by atoms with Crippen LogP contribution >= 0.6 is 0 Å². The molecule has 2 unspecified atom stereocenters. The van der Waals surface area contributed by atoms with Crippen LogP contribution < -0.4 is 10.6 Å². The van der Waals surface area contributed by atoms with Gasteiger partial charge in [0.05, 0.1) is 43.0 Å². The van der Waals surface area contributed by atoms with Crippen LogP contribution in [0.2, 0.25) is 0 Å². The maximum absolute atomic E-state index is 13.8. The van der Waals surface area contributed by atoms with Gasteiger partial charge in [0.25, 0.3) is 5.91 Å². The van der Waals surface area contributed by atoms with Gasteiger partial charge in [0.15, 0.2) is 0 Å². The predicted molar refractivity (Wildman–Crippen MR) is 148 cm³/mol. The number of nitrogens with one attached hydrogen (secondary N) is 2. The Bertz CT molecular complexity index is 1140. The summed E-state index contributed by atoms with van der Waals surface area (Å²) < 4.78 is 17.9. The van der Waals surface area contributed by atoms with Crippen molar-refractivity contribution >= 4 is 24.8 Å². The molecule has 0 bridgehead atoms. The van der Waals surface area contributed by atoms with Gasteiger partial charge in [0.2, 0.25) is 11.8 Å². The number of carbonyl (C=O) groups is 3. The number of carbonyl (C=O) groups excluding carboxylic acids is 3. The van der Waals surface area contributed by atoms with Crippen molar-refractivity contribution in [1.29, 1.82) is 0 Å². The van der Waals surface area contributed by atoms with Gasteiger partial charge >= 0.3 is 7.12 Å². The zero-order valence-corrected chi connectivity index (χ0v) is 23.6. The summed E-state index contributed by atoms with van der Waals surface area (Å²) >= 11 is 0. The highest BCUT2D eigenvalue weighted by Gasteiger charge is 2.54. The smallest absolute Gasteiger partial charge is 0.402 e. The number of aromatic nitrogens is 2. The fraction of sp³-hybridized carbons (Fsp3) is 0.536. The monoisotopic (exact) mass is 551 g/mol. The maximum Gasteiger partial charge on any atom is 0.481 e. The summed E-state index contributed by atoms with van der Waals surface area (Å²) in [6.07, 6.45) is 5.12. The zero-order valence-electron chi connectivity index (χ0n) is 23.6. The van der Waals surface area contributed by atoms with Crippen molar-refractivity contribution < 1.29 is 28.4 Å². The summed E-state index contributed by atoms with van der Waals surface area (Å²) in [5, 5.41) is 5.73. The van der Waals surface area contributed by atoms with E-state index in [1.807, 2.05) is 58.0 Å². The summed E-state index contributed by atoms with van der Waals surface area (Å²) in [7, 11) is -0.719. The molecular weight excluding hydrogens is 513 g/mol. The third-order valence-electron chi connectivity index (χ3n) is 7.67. The van der Waals surface area contributed by atoms with Crippen molar-refractivity contribution in [2.24, 2.45) is 0 Å². The first-order chi connectivity index (χ1) is 19.1. The van der Waals surface area contributed by atoms with E-state index in [1.54, 1.807) is 4.90 Å². The molecule has 1 aromatic heterocycles. The summed E-state index contributed by atoms with van der Waals surface area (Å²) in [6.45, 7) is 9.53. The number of rotatable bonds is 10. The summed E-state index contributed by atoms with van der Waals surface area (Å²) in [5.74, 6) is -1.89. The average Bonchev–Trinajstić information content (AvgIpc) is 3.18. The summed E-state index contributed by atoms with van der Waals surface area (Å²) in [6, 6.07) is 8.78. The molecule has 2 aliphatic rings. The van der Waals surface area contributed by atoms with Crippen LogP contribution in [-0.4, -0.2) is 89.2 Å². The zero-order chi connectivity index (χ0) is 28.8. The van der Waals surface area contributed by atoms with Crippen molar-refractivity contribution in [3.05, 3.63) is 60.2 Å². The quantitative estimate of drug-likeness (QED) is 0.426. The first kappa shape index (κ1) is 29.6. The van der Waals surface area contributed by atoms with Crippen LogP contribution in [-0.2, 0) is 30.1 Å². The Hall–Kier alpha value is -3.35. The number of aryl methyl sites for hydroxylation is 1. The van der Waals surface area contributed by atoms with E-state index in [0.29, 0.717) is 39.1 Å². The SMILES string of the molecule is CC1(C)OB(C(CCc2ccccc2)NC(=O)C(CC(=O)N2CCOCC2)NC(=O)c2cnccn2)OC1(C)C. The highest BCUT2D eigenvalue weighted by Crippen LogP contribution is 2.38. The number of hydrogen-bond donors (Lipinski definition) is 2. The Labute approximate surface area is 235 Å². The third-order valence-corrected chi connectivity index (χ3v) is 7.67. The Morgan fingerprint density at radius 2 is 1.68 bits per heavy atom. The van der Waals surface area contributed by atoms with Crippen LogP contribution in [0.4, 0.5) is 0 Å². The van der Waals surface area contributed by atoms with Crippen molar-refractivity contribution in [2.45, 2.75) is 70.1 Å². The molecule has 2 saturated heterocycles. The Morgan fingerprint density at radius 3 is 2.30 bits per heavy atom. The first-order valence-corrected chi connectivity index (χ1v) is 13.7. The fourth-order valence-corrected chi connectivity index (χ4v) is 4.55. The molecule has 0 spiro atoms. The van der Waals surface area contributed by atoms with Crippen LogP contribution in [0, 0.1) is 0 Å². The molecule has 4 rings (SSSR count). The van der Waals surface area contributed by atoms with Gasteiger partial charge in [-0.05, 0) is 46.1 Å². The van der Waals surface area contributed by atoms with Crippen molar-refractivity contribution in [3.8, 4) is 0 Å². The standard InChI is InChI=1S/C28H38BN5O6/c1-27(2)28(3,4)40-29(39-27)23(11-10-20-8-6-5-7-9-20)33-25(36)21(18-24(35)34-14-16-38-17-15-34)32-26(37)22-19-30-12-13-31-22/h5-9,12-13,19,21,23H,10-11,14-18H2,1-4H3,(H,32,37)(H,33,36). The van der Waals surface area contributed by atoms with Gasteiger partial charge in [-0.2, -0.15) is 0 Å². The largest absolute Gasteiger partial charge is 0.481 e. The second-order valence-electron chi connectivity index (χ2n) is 11.1. The third kappa shape index (κ3) is 7.44. The lowest BCUT2D eigenvalue weighted by Crippen LogP contribution is -2.56. The second-order valence-corrected chi connectivity index (χ2v) is 11.1. The molecule has 3 amide bonds.